The van der Waals surface area contributed by atoms with E-state index < -0.39 is 9.84 Å². The van der Waals surface area contributed by atoms with Gasteiger partial charge in [0.15, 0.2) is 14.9 Å². The molecule has 2 saturated heterocycles. The highest BCUT2D eigenvalue weighted by Gasteiger charge is 2.33. The molecule has 0 spiro atoms. The van der Waals surface area contributed by atoms with E-state index in [0.717, 1.165) is 50.7 Å². The van der Waals surface area contributed by atoms with Crippen molar-refractivity contribution >= 4 is 27.2 Å². The minimum Gasteiger partial charge on any atom is -0.362 e. The molecule has 0 radical (unpaired) electrons. The molecule has 0 amide bonds. The van der Waals surface area contributed by atoms with E-state index in [-0.39, 0.29) is 6.04 Å². The SMILES string of the molecule is O=S1(=O)CC[C@@H](N2CCN(C(=S)NCCc3ccccc3)CC2)C1. The highest BCUT2D eigenvalue weighted by atomic mass is 32.2. The number of hydrogen-bond acceptors (Lipinski definition) is 4. The lowest BCUT2D eigenvalue weighted by Gasteiger charge is -2.38. The van der Waals surface area contributed by atoms with Crippen molar-refractivity contribution in [3.8, 4) is 0 Å². The zero-order chi connectivity index (χ0) is 17.0. The molecule has 7 heteroatoms. The quantitative estimate of drug-likeness (QED) is 0.799. The first-order chi connectivity index (χ1) is 11.5. The molecule has 2 heterocycles. The van der Waals surface area contributed by atoms with Gasteiger partial charge in [0.05, 0.1) is 11.5 Å². The summed E-state index contributed by atoms with van der Waals surface area (Å²) in [6.07, 6.45) is 1.74. The summed E-state index contributed by atoms with van der Waals surface area (Å²) in [6, 6.07) is 10.6. The maximum absolute atomic E-state index is 11.6. The van der Waals surface area contributed by atoms with E-state index in [9.17, 15) is 8.42 Å². The van der Waals surface area contributed by atoms with Crippen molar-refractivity contribution in [2.45, 2.75) is 18.9 Å². The van der Waals surface area contributed by atoms with Gasteiger partial charge in [0, 0.05) is 38.8 Å². The molecular weight excluding hydrogens is 342 g/mol. The lowest BCUT2D eigenvalue weighted by Crippen LogP contribution is -2.54. The topological polar surface area (TPSA) is 52.7 Å². The van der Waals surface area contributed by atoms with Gasteiger partial charge >= 0.3 is 0 Å². The monoisotopic (exact) mass is 367 g/mol. The number of hydrogen-bond donors (Lipinski definition) is 1. The van der Waals surface area contributed by atoms with Gasteiger partial charge in [-0.25, -0.2) is 8.42 Å². The van der Waals surface area contributed by atoms with Crippen LogP contribution >= 0.6 is 12.2 Å². The maximum atomic E-state index is 11.6. The van der Waals surface area contributed by atoms with Gasteiger partial charge in [-0.1, -0.05) is 30.3 Å². The highest BCUT2D eigenvalue weighted by molar-refractivity contribution is 7.91. The number of nitrogens with zero attached hydrogens (tertiary/aromatic N) is 2. The van der Waals surface area contributed by atoms with E-state index in [0.29, 0.717) is 11.5 Å². The minimum atomic E-state index is -2.81. The summed E-state index contributed by atoms with van der Waals surface area (Å²) >= 11 is 5.50. The lowest BCUT2D eigenvalue weighted by atomic mass is 10.1. The molecule has 2 aliphatic heterocycles. The fourth-order valence-electron chi connectivity index (χ4n) is 3.42. The van der Waals surface area contributed by atoms with Crippen LogP contribution in [0.4, 0.5) is 0 Å². The molecule has 2 aliphatic rings. The molecule has 0 bridgehead atoms. The van der Waals surface area contributed by atoms with Gasteiger partial charge in [-0.15, -0.1) is 0 Å². The predicted molar refractivity (Wildman–Crippen MR) is 101 cm³/mol. The van der Waals surface area contributed by atoms with E-state index in [4.69, 9.17) is 12.2 Å². The van der Waals surface area contributed by atoms with Crippen LogP contribution in [0.1, 0.15) is 12.0 Å². The predicted octanol–water partition coefficient (Wildman–Crippen LogP) is 0.908. The Kier molecular flexibility index (Phi) is 5.73. The van der Waals surface area contributed by atoms with Gasteiger partial charge in [-0.05, 0) is 30.6 Å². The number of thiocarbonyl (C=S) groups is 1. The van der Waals surface area contributed by atoms with Crippen LogP contribution in [0.25, 0.3) is 0 Å². The van der Waals surface area contributed by atoms with Crippen molar-refractivity contribution in [3.63, 3.8) is 0 Å². The first kappa shape index (κ1) is 17.6. The molecular formula is C17H25N3O2S2. The van der Waals surface area contributed by atoms with E-state index in [1.54, 1.807) is 0 Å². The Morgan fingerprint density at radius 3 is 2.50 bits per heavy atom. The smallest absolute Gasteiger partial charge is 0.169 e. The molecule has 3 rings (SSSR count). The molecule has 24 heavy (non-hydrogen) atoms. The molecule has 132 valence electrons. The second-order valence-corrected chi connectivity index (χ2v) is 9.16. The maximum Gasteiger partial charge on any atom is 0.169 e. The average molecular weight is 368 g/mol. The standard InChI is InChI=1S/C17H25N3O2S2/c21-24(22)13-7-16(14-24)19-9-11-20(12-10-19)17(23)18-8-6-15-4-2-1-3-5-15/h1-5,16H,6-14H2,(H,18,23)/t16-/m1/s1. The molecule has 1 aromatic carbocycles. The van der Waals surface area contributed by atoms with Crippen LogP contribution in [-0.2, 0) is 16.3 Å². The summed E-state index contributed by atoms with van der Waals surface area (Å²) in [5.74, 6) is 0.671. The molecule has 1 aromatic rings. The number of nitrogens with one attached hydrogen (secondary N) is 1. The van der Waals surface area contributed by atoms with E-state index in [1.165, 1.54) is 5.56 Å². The average Bonchev–Trinajstić information content (AvgIpc) is 2.96. The number of benzene rings is 1. The number of rotatable bonds is 4. The van der Waals surface area contributed by atoms with E-state index in [1.807, 2.05) is 6.07 Å². The molecule has 0 aliphatic carbocycles. The zero-order valence-electron chi connectivity index (χ0n) is 13.9. The zero-order valence-corrected chi connectivity index (χ0v) is 15.5. The Labute approximate surface area is 149 Å². The van der Waals surface area contributed by atoms with Crippen LogP contribution in [0.15, 0.2) is 30.3 Å². The van der Waals surface area contributed by atoms with Gasteiger partial charge in [0.25, 0.3) is 0 Å². The molecule has 1 N–H and O–H groups in total. The largest absolute Gasteiger partial charge is 0.362 e. The van der Waals surface area contributed by atoms with Gasteiger partial charge in [-0.2, -0.15) is 0 Å². The Bertz CT molecular complexity index is 656. The fraction of sp³-hybridized carbons (Fsp3) is 0.588. The van der Waals surface area contributed by atoms with Crippen molar-refractivity contribution in [3.05, 3.63) is 35.9 Å². The van der Waals surface area contributed by atoms with Gasteiger partial charge in [-0.3, -0.25) is 4.90 Å². The van der Waals surface area contributed by atoms with Crippen LogP contribution in [0.3, 0.4) is 0 Å². The van der Waals surface area contributed by atoms with Crippen LogP contribution in [0.5, 0.6) is 0 Å². The Morgan fingerprint density at radius 1 is 1.17 bits per heavy atom. The first-order valence-electron chi connectivity index (χ1n) is 8.55. The van der Waals surface area contributed by atoms with Crippen molar-refractivity contribution < 1.29 is 8.42 Å². The Balaban J connectivity index is 1.39. The Hall–Kier alpha value is -1.18. The van der Waals surface area contributed by atoms with Crippen LogP contribution in [-0.4, -0.2) is 73.6 Å². The summed E-state index contributed by atoms with van der Waals surface area (Å²) in [6.45, 7) is 4.35. The fourth-order valence-corrected chi connectivity index (χ4v) is 5.47. The lowest BCUT2D eigenvalue weighted by molar-refractivity contribution is 0.142. The number of sulfone groups is 1. The van der Waals surface area contributed by atoms with Crippen molar-refractivity contribution in [1.29, 1.82) is 0 Å². The van der Waals surface area contributed by atoms with E-state index >= 15 is 0 Å². The van der Waals surface area contributed by atoms with Gasteiger partial charge in [0.2, 0.25) is 0 Å². The molecule has 0 saturated carbocycles. The molecule has 0 aromatic heterocycles. The summed E-state index contributed by atoms with van der Waals surface area (Å²) < 4.78 is 23.2. The summed E-state index contributed by atoms with van der Waals surface area (Å²) in [5.41, 5.74) is 1.31. The normalized spacial score (nSPS) is 24.0. The third kappa shape index (κ3) is 4.68. The minimum absolute atomic E-state index is 0.205. The van der Waals surface area contributed by atoms with Crippen molar-refractivity contribution in [2.75, 3.05) is 44.2 Å². The first-order valence-corrected chi connectivity index (χ1v) is 10.8. The Morgan fingerprint density at radius 2 is 1.88 bits per heavy atom. The van der Waals surface area contributed by atoms with Crippen molar-refractivity contribution in [1.82, 2.24) is 15.1 Å². The summed E-state index contributed by atoms with van der Waals surface area (Å²) in [5, 5.41) is 4.15. The second-order valence-electron chi connectivity index (χ2n) is 6.55. The molecule has 5 nitrogen and oxygen atoms in total. The third-order valence-electron chi connectivity index (χ3n) is 4.86. The number of piperazine rings is 1. The summed E-state index contributed by atoms with van der Waals surface area (Å²) in [7, 11) is -2.81. The van der Waals surface area contributed by atoms with Crippen LogP contribution in [0, 0.1) is 0 Å². The molecule has 2 fully saturated rings. The van der Waals surface area contributed by atoms with Crippen molar-refractivity contribution in [2.24, 2.45) is 0 Å². The second kappa shape index (κ2) is 7.80. The summed E-state index contributed by atoms with van der Waals surface area (Å²) in [4.78, 5) is 4.51. The molecule has 0 unspecified atom stereocenters. The van der Waals surface area contributed by atoms with Gasteiger partial charge < -0.3 is 10.2 Å². The third-order valence-corrected chi connectivity index (χ3v) is 7.01. The van der Waals surface area contributed by atoms with Crippen LogP contribution < -0.4 is 5.32 Å². The van der Waals surface area contributed by atoms with Crippen LogP contribution in [0.2, 0.25) is 0 Å². The molecule has 1 atom stereocenters. The van der Waals surface area contributed by atoms with E-state index in [2.05, 4.69) is 39.4 Å². The van der Waals surface area contributed by atoms with Gasteiger partial charge in [0.1, 0.15) is 0 Å². The highest BCUT2D eigenvalue weighted by Crippen LogP contribution is 2.19.